The second-order valence-corrected chi connectivity index (χ2v) is 6.52. The van der Waals surface area contributed by atoms with Crippen LogP contribution in [-0.4, -0.2) is 25.8 Å². The largest absolute Gasteiger partial charge is 0.317 e. The first-order chi connectivity index (χ1) is 12.6. The van der Waals surface area contributed by atoms with Gasteiger partial charge in [0.05, 0.1) is 23.5 Å². The van der Waals surface area contributed by atoms with Gasteiger partial charge in [0.25, 0.3) is 0 Å². The standard InChI is InChI=1S/C19H17FN4O2/c20-13-19(6-7-19)24-10-9-23(17(25)18(24)26)12-15-5-4-14(11-22-15)16-3-1-2-8-21-16/h1-5,8-11H,6-7,12-13H2. The van der Waals surface area contributed by atoms with E-state index in [0.29, 0.717) is 18.5 Å². The molecule has 0 unspecified atom stereocenters. The average Bonchev–Trinajstić information content (AvgIpc) is 3.48. The number of hydrogen-bond donors (Lipinski definition) is 0. The summed E-state index contributed by atoms with van der Waals surface area (Å²) in [7, 11) is 0. The molecule has 1 aliphatic carbocycles. The summed E-state index contributed by atoms with van der Waals surface area (Å²) in [5, 5.41) is 0. The van der Waals surface area contributed by atoms with E-state index in [-0.39, 0.29) is 6.54 Å². The van der Waals surface area contributed by atoms with Crippen LogP contribution in [-0.2, 0) is 12.1 Å². The van der Waals surface area contributed by atoms with Gasteiger partial charge in [-0.15, -0.1) is 0 Å². The van der Waals surface area contributed by atoms with Gasteiger partial charge < -0.3 is 9.13 Å². The SMILES string of the molecule is O=c1c(=O)n(C2(CF)CC2)ccn1Cc1ccc(-c2ccccn2)cn1. The van der Waals surface area contributed by atoms with Crippen molar-refractivity contribution in [2.75, 3.05) is 6.67 Å². The first-order valence-corrected chi connectivity index (χ1v) is 8.38. The van der Waals surface area contributed by atoms with Gasteiger partial charge in [0.15, 0.2) is 0 Å². The van der Waals surface area contributed by atoms with Gasteiger partial charge in [-0.2, -0.15) is 0 Å². The molecule has 3 aromatic heterocycles. The minimum absolute atomic E-state index is 0.181. The van der Waals surface area contributed by atoms with Crippen LogP contribution in [0.5, 0.6) is 0 Å². The number of pyridine rings is 2. The molecule has 0 amide bonds. The zero-order valence-corrected chi connectivity index (χ0v) is 14.0. The molecule has 0 saturated heterocycles. The van der Waals surface area contributed by atoms with Crippen molar-refractivity contribution < 1.29 is 4.39 Å². The van der Waals surface area contributed by atoms with E-state index in [0.717, 1.165) is 11.3 Å². The highest BCUT2D eigenvalue weighted by Crippen LogP contribution is 2.42. The maximum atomic E-state index is 13.2. The van der Waals surface area contributed by atoms with Crippen LogP contribution in [0.2, 0.25) is 0 Å². The Labute approximate surface area is 148 Å². The topological polar surface area (TPSA) is 69.8 Å². The van der Waals surface area contributed by atoms with E-state index in [1.54, 1.807) is 18.5 Å². The lowest BCUT2D eigenvalue weighted by molar-refractivity contribution is 0.326. The number of hydrogen-bond acceptors (Lipinski definition) is 4. The first kappa shape index (κ1) is 16.4. The fourth-order valence-corrected chi connectivity index (χ4v) is 2.97. The van der Waals surface area contributed by atoms with Crippen molar-refractivity contribution in [1.29, 1.82) is 0 Å². The van der Waals surface area contributed by atoms with Crippen molar-refractivity contribution in [2.45, 2.75) is 24.9 Å². The Hall–Kier alpha value is -3.09. The number of aromatic nitrogens is 4. The maximum absolute atomic E-state index is 13.2. The van der Waals surface area contributed by atoms with E-state index in [1.807, 2.05) is 24.3 Å². The minimum atomic E-state index is -0.808. The molecule has 3 heterocycles. The van der Waals surface area contributed by atoms with Gasteiger partial charge in [-0.3, -0.25) is 19.6 Å². The van der Waals surface area contributed by atoms with Crippen LogP contribution in [0.3, 0.4) is 0 Å². The Bertz CT molecular complexity index is 1040. The zero-order valence-electron chi connectivity index (χ0n) is 14.0. The number of rotatable bonds is 5. The van der Waals surface area contributed by atoms with E-state index < -0.39 is 23.3 Å². The lowest BCUT2D eigenvalue weighted by Gasteiger charge is -2.15. The molecular weight excluding hydrogens is 335 g/mol. The Kier molecular flexibility index (Phi) is 3.99. The molecule has 0 bridgehead atoms. The molecule has 3 aromatic rings. The summed E-state index contributed by atoms with van der Waals surface area (Å²) >= 11 is 0. The Morgan fingerprint density at radius 3 is 2.50 bits per heavy atom. The lowest BCUT2D eigenvalue weighted by Crippen LogP contribution is -2.45. The Morgan fingerprint density at radius 1 is 1.04 bits per heavy atom. The van der Waals surface area contributed by atoms with Crippen LogP contribution in [0, 0.1) is 0 Å². The summed E-state index contributed by atoms with van der Waals surface area (Å²) in [6, 6.07) is 9.30. The van der Waals surface area contributed by atoms with Gasteiger partial charge in [0.1, 0.15) is 6.67 Å². The van der Waals surface area contributed by atoms with Crippen LogP contribution in [0.4, 0.5) is 4.39 Å². The summed E-state index contributed by atoms with van der Waals surface area (Å²) in [4.78, 5) is 33.3. The van der Waals surface area contributed by atoms with Crippen molar-refractivity contribution in [3.63, 3.8) is 0 Å². The van der Waals surface area contributed by atoms with Gasteiger partial charge >= 0.3 is 11.1 Å². The molecule has 4 rings (SSSR count). The fraction of sp³-hybridized carbons (Fsp3) is 0.263. The van der Waals surface area contributed by atoms with Gasteiger partial charge in [-0.1, -0.05) is 6.07 Å². The smallest absolute Gasteiger partial charge is 0.303 e. The molecule has 0 N–H and O–H groups in total. The van der Waals surface area contributed by atoms with Gasteiger partial charge in [0, 0.05) is 30.4 Å². The number of nitrogens with zero attached hydrogens (tertiary/aromatic N) is 4. The van der Waals surface area contributed by atoms with Crippen LogP contribution in [0.1, 0.15) is 18.5 Å². The molecule has 26 heavy (non-hydrogen) atoms. The molecule has 0 aromatic carbocycles. The van der Waals surface area contributed by atoms with Crippen LogP contribution in [0.15, 0.2) is 64.7 Å². The zero-order chi connectivity index (χ0) is 18.1. The van der Waals surface area contributed by atoms with Crippen LogP contribution < -0.4 is 11.1 Å². The third-order valence-corrected chi connectivity index (χ3v) is 4.76. The van der Waals surface area contributed by atoms with E-state index in [9.17, 15) is 14.0 Å². The highest BCUT2D eigenvalue weighted by Gasteiger charge is 2.45. The van der Waals surface area contributed by atoms with Gasteiger partial charge in [0.2, 0.25) is 0 Å². The summed E-state index contributed by atoms with van der Waals surface area (Å²) in [5.74, 6) is 0. The third-order valence-electron chi connectivity index (χ3n) is 4.76. The normalized spacial score (nSPS) is 15.0. The predicted molar refractivity (Wildman–Crippen MR) is 94.7 cm³/mol. The van der Waals surface area contributed by atoms with Gasteiger partial charge in [-0.25, -0.2) is 4.39 Å². The highest BCUT2D eigenvalue weighted by atomic mass is 19.1. The van der Waals surface area contributed by atoms with Crippen molar-refractivity contribution in [1.82, 2.24) is 19.1 Å². The molecular formula is C19H17FN4O2. The summed E-state index contributed by atoms with van der Waals surface area (Å²) in [6.45, 7) is -0.451. The summed E-state index contributed by atoms with van der Waals surface area (Å²) in [5.41, 5.74) is 0.173. The van der Waals surface area contributed by atoms with Crippen molar-refractivity contribution in [3.05, 3.63) is 81.5 Å². The predicted octanol–water partition coefficient (Wildman–Crippen LogP) is 1.97. The van der Waals surface area contributed by atoms with E-state index >= 15 is 0 Å². The first-order valence-electron chi connectivity index (χ1n) is 8.38. The molecule has 0 radical (unpaired) electrons. The summed E-state index contributed by atoms with van der Waals surface area (Å²) < 4.78 is 15.7. The average molecular weight is 352 g/mol. The van der Waals surface area contributed by atoms with Crippen LogP contribution >= 0.6 is 0 Å². The van der Waals surface area contributed by atoms with Crippen molar-refractivity contribution in [2.24, 2.45) is 0 Å². The molecule has 1 saturated carbocycles. The number of halogens is 1. The highest BCUT2D eigenvalue weighted by molar-refractivity contribution is 5.57. The monoisotopic (exact) mass is 352 g/mol. The Balaban J connectivity index is 1.59. The lowest BCUT2D eigenvalue weighted by atomic mass is 10.2. The fourth-order valence-electron chi connectivity index (χ4n) is 2.97. The van der Waals surface area contributed by atoms with Crippen molar-refractivity contribution >= 4 is 0 Å². The van der Waals surface area contributed by atoms with Gasteiger partial charge in [-0.05, 0) is 37.1 Å². The molecule has 0 spiro atoms. The minimum Gasteiger partial charge on any atom is -0.303 e. The molecule has 132 valence electrons. The molecule has 1 fully saturated rings. The van der Waals surface area contributed by atoms with E-state index in [4.69, 9.17) is 0 Å². The maximum Gasteiger partial charge on any atom is 0.317 e. The third kappa shape index (κ3) is 2.85. The van der Waals surface area contributed by atoms with E-state index in [2.05, 4.69) is 9.97 Å². The molecule has 0 aliphatic heterocycles. The summed E-state index contributed by atoms with van der Waals surface area (Å²) in [6.07, 6.45) is 7.59. The van der Waals surface area contributed by atoms with Crippen LogP contribution in [0.25, 0.3) is 11.3 Å². The molecule has 0 atom stereocenters. The second-order valence-electron chi connectivity index (χ2n) is 6.52. The number of alkyl halides is 1. The quantitative estimate of drug-likeness (QED) is 0.659. The van der Waals surface area contributed by atoms with E-state index in [1.165, 1.54) is 21.5 Å². The molecule has 1 aliphatic rings. The Morgan fingerprint density at radius 2 is 1.88 bits per heavy atom. The molecule has 6 nitrogen and oxygen atoms in total. The van der Waals surface area contributed by atoms with Crippen molar-refractivity contribution in [3.8, 4) is 11.3 Å². The second kappa shape index (κ2) is 6.33. The molecule has 7 heteroatoms.